The van der Waals surface area contributed by atoms with Crippen molar-refractivity contribution in [1.82, 2.24) is 9.97 Å². The van der Waals surface area contributed by atoms with Crippen LogP contribution < -0.4 is 5.73 Å². The van der Waals surface area contributed by atoms with E-state index in [-0.39, 0.29) is 0 Å². The highest BCUT2D eigenvalue weighted by Crippen LogP contribution is 2.30. The van der Waals surface area contributed by atoms with Gasteiger partial charge < -0.3 is 5.73 Å². The molecule has 0 amide bonds. The molecule has 82 valence electrons. The molecule has 0 radical (unpaired) electrons. The van der Waals surface area contributed by atoms with Crippen LogP contribution in [0.4, 0.5) is 5.69 Å². The summed E-state index contributed by atoms with van der Waals surface area (Å²) in [6.45, 7) is 2.03. The molecule has 2 heterocycles. The molecule has 0 aliphatic rings. The van der Waals surface area contributed by atoms with E-state index in [2.05, 4.69) is 25.9 Å². The van der Waals surface area contributed by atoms with Gasteiger partial charge in [-0.2, -0.15) is 0 Å². The summed E-state index contributed by atoms with van der Waals surface area (Å²) in [5.41, 5.74) is 7.64. The molecule has 0 saturated carbocycles. The van der Waals surface area contributed by atoms with Crippen molar-refractivity contribution in [3.8, 4) is 0 Å². The maximum Gasteiger partial charge on any atom is 0.125 e. The van der Waals surface area contributed by atoms with Crippen LogP contribution in [0.5, 0.6) is 0 Å². The first-order valence-corrected chi connectivity index (χ1v) is 6.28. The summed E-state index contributed by atoms with van der Waals surface area (Å²) >= 11 is 4.89. The van der Waals surface area contributed by atoms with Crippen LogP contribution in [0.15, 0.2) is 45.1 Å². The zero-order valence-corrected chi connectivity index (χ0v) is 11.0. The highest BCUT2D eigenvalue weighted by molar-refractivity contribution is 9.10. The SMILES string of the molecule is Cc1cc(Sc2ncccc2N)ncc1Br. The summed E-state index contributed by atoms with van der Waals surface area (Å²) in [5.74, 6) is 0. The van der Waals surface area contributed by atoms with E-state index >= 15 is 0 Å². The lowest BCUT2D eigenvalue weighted by molar-refractivity contribution is 1.08. The number of hydrogen-bond acceptors (Lipinski definition) is 4. The summed E-state index contributed by atoms with van der Waals surface area (Å²) in [7, 11) is 0. The predicted molar refractivity (Wildman–Crippen MR) is 69.4 cm³/mol. The van der Waals surface area contributed by atoms with E-state index in [9.17, 15) is 0 Å². The molecule has 0 aromatic carbocycles. The fraction of sp³-hybridized carbons (Fsp3) is 0.0909. The standard InChI is InChI=1S/C11H10BrN3S/c1-7-5-10(15-6-8(7)12)16-11-9(13)3-2-4-14-11/h2-6H,13H2,1H3. The molecule has 0 unspecified atom stereocenters. The van der Waals surface area contributed by atoms with E-state index in [0.717, 1.165) is 20.1 Å². The number of halogens is 1. The van der Waals surface area contributed by atoms with Gasteiger partial charge in [0, 0.05) is 16.9 Å². The molecule has 0 aliphatic carbocycles. The largest absolute Gasteiger partial charge is 0.397 e. The Bertz CT molecular complexity index is 516. The second-order valence-corrected chi connectivity index (χ2v) is 5.14. The summed E-state index contributed by atoms with van der Waals surface area (Å²) in [4.78, 5) is 8.51. The quantitative estimate of drug-likeness (QED) is 0.924. The van der Waals surface area contributed by atoms with Crippen molar-refractivity contribution in [3.05, 3.63) is 40.6 Å². The second-order valence-electron chi connectivity index (χ2n) is 3.27. The molecule has 0 aliphatic heterocycles. The summed E-state index contributed by atoms with van der Waals surface area (Å²) in [6.07, 6.45) is 3.52. The molecule has 2 aromatic rings. The number of hydrogen-bond donors (Lipinski definition) is 1. The molecule has 2 N–H and O–H groups in total. The van der Waals surface area contributed by atoms with E-state index < -0.39 is 0 Å². The minimum Gasteiger partial charge on any atom is -0.397 e. The van der Waals surface area contributed by atoms with Crippen LogP contribution in [0.3, 0.4) is 0 Å². The van der Waals surface area contributed by atoms with Gasteiger partial charge in [-0.3, -0.25) is 0 Å². The van der Waals surface area contributed by atoms with Crippen LogP contribution in [-0.2, 0) is 0 Å². The minimum absolute atomic E-state index is 0.676. The molecule has 0 fully saturated rings. The third-order valence-corrected chi connectivity index (χ3v) is 3.82. The molecule has 2 aromatic heterocycles. The van der Waals surface area contributed by atoms with Crippen LogP contribution in [0, 0.1) is 6.92 Å². The topological polar surface area (TPSA) is 51.8 Å². The molecule has 3 nitrogen and oxygen atoms in total. The number of aryl methyl sites for hydroxylation is 1. The first kappa shape index (κ1) is 11.4. The van der Waals surface area contributed by atoms with Crippen LogP contribution in [0.1, 0.15) is 5.56 Å². The molecule has 2 rings (SSSR count). The van der Waals surface area contributed by atoms with Crippen molar-refractivity contribution in [2.75, 3.05) is 5.73 Å². The third kappa shape index (κ3) is 2.54. The number of anilines is 1. The Hall–Kier alpha value is -1.07. The van der Waals surface area contributed by atoms with Gasteiger partial charge in [-0.05, 0) is 58.4 Å². The van der Waals surface area contributed by atoms with E-state index in [1.54, 1.807) is 12.4 Å². The van der Waals surface area contributed by atoms with Gasteiger partial charge in [0.05, 0.1) is 5.69 Å². The van der Waals surface area contributed by atoms with Gasteiger partial charge in [-0.25, -0.2) is 9.97 Å². The minimum atomic E-state index is 0.676. The molecule has 16 heavy (non-hydrogen) atoms. The van der Waals surface area contributed by atoms with Crippen LogP contribution in [0.2, 0.25) is 0 Å². The van der Waals surface area contributed by atoms with Crippen LogP contribution >= 0.6 is 27.7 Å². The number of aromatic nitrogens is 2. The monoisotopic (exact) mass is 295 g/mol. The maximum absolute atomic E-state index is 5.82. The number of rotatable bonds is 2. The number of pyridine rings is 2. The predicted octanol–water partition coefficient (Wildman–Crippen LogP) is 3.28. The average Bonchev–Trinajstić information content (AvgIpc) is 2.27. The zero-order chi connectivity index (χ0) is 11.5. The first-order valence-electron chi connectivity index (χ1n) is 4.67. The van der Waals surface area contributed by atoms with Gasteiger partial charge >= 0.3 is 0 Å². The maximum atomic E-state index is 5.82. The van der Waals surface area contributed by atoms with Gasteiger partial charge in [-0.1, -0.05) is 0 Å². The Labute approximate surface area is 107 Å². The van der Waals surface area contributed by atoms with Gasteiger partial charge in [0.25, 0.3) is 0 Å². The molecular formula is C11H10BrN3S. The lowest BCUT2D eigenvalue weighted by Gasteiger charge is -2.04. The molecule has 5 heteroatoms. The van der Waals surface area contributed by atoms with Gasteiger partial charge in [0.15, 0.2) is 0 Å². The van der Waals surface area contributed by atoms with Crippen molar-refractivity contribution < 1.29 is 0 Å². The Morgan fingerprint density at radius 3 is 2.88 bits per heavy atom. The highest BCUT2D eigenvalue weighted by atomic mass is 79.9. The summed E-state index contributed by atoms with van der Waals surface area (Å²) in [6, 6.07) is 5.66. The first-order chi connectivity index (χ1) is 7.66. The van der Waals surface area contributed by atoms with Crippen molar-refractivity contribution >= 4 is 33.4 Å². The van der Waals surface area contributed by atoms with E-state index in [1.807, 2.05) is 25.1 Å². The molecule has 0 saturated heterocycles. The zero-order valence-electron chi connectivity index (χ0n) is 8.64. The molecular weight excluding hydrogens is 286 g/mol. The molecule has 0 atom stereocenters. The van der Waals surface area contributed by atoms with Crippen molar-refractivity contribution in [3.63, 3.8) is 0 Å². The van der Waals surface area contributed by atoms with Crippen LogP contribution in [-0.4, -0.2) is 9.97 Å². The lowest BCUT2D eigenvalue weighted by Crippen LogP contribution is -1.91. The summed E-state index contributed by atoms with van der Waals surface area (Å²) in [5, 5.41) is 1.68. The number of nitrogens with two attached hydrogens (primary N) is 1. The van der Waals surface area contributed by atoms with Crippen LogP contribution in [0.25, 0.3) is 0 Å². The Morgan fingerprint density at radius 1 is 1.38 bits per heavy atom. The normalized spacial score (nSPS) is 10.4. The number of nitrogens with zero attached hydrogens (tertiary/aromatic N) is 2. The van der Waals surface area contributed by atoms with E-state index in [4.69, 9.17) is 5.73 Å². The van der Waals surface area contributed by atoms with E-state index in [1.165, 1.54) is 11.8 Å². The summed E-state index contributed by atoms with van der Waals surface area (Å²) < 4.78 is 1.01. The molecule has 0 spiro atoms. The molecule has 0 bridgehead atoms. The Balaban J connectivity index is 2.28. The van der Waals surface area contributed by atoms with Gasteiger partial charge in [0.1, 0.15) is 10.1 Å². The van der Waals surface area contributed by atoms with Crippen molar-refractivity contribution in [1.29, 1.82) is 0 Å². The lowest BCUT2D eigenvalue weighted by atomic mass is 10.3. The third-order valence-electron chi connectivity index (χ3n) is 2.02. The van der Waals surface area contributed by atoms with E-state index in [0.29, 0.717) is 5.69 Å². The fourth-order valence-corrected chi connectivity index (χ4v) is 2.21. The van der Waals surface area contributed by atoms with Gasteiger partial charge in [-0.15, -0.1) is 0 Å². The Kier molecular flexibility index (Phi) is 3.46. The Morgan fingerprint density at radius 2 is 2.19 bits per heavy atom. The average molecular weight is 296 g/mol. The van der Waals surface area contributed by atoms with Crippen molar-refractivity contribution in [2.45, 2.75) is 17.0 Å². The fourth-order valence-electron chi connectivity index (χ4n) is 1.16. The van der Waals surface area contributed by atoms with Gasteiger partial charge in [0.2, 0.25) is 0 Å². The number of nitrogen functional groups attached to an aromatic ring is 1. The smallest absolute Gasteiger partial charge is 0.125 e. The van der Waals surface area contributed by atoms with Crippen molar-refractivity contribution in [2.24, 2.45) is 0 Å². The highest BCUT2D eigenvalue weighted by Gasteiger charge is 2.05. The second kappa shape index (κ2) is 4.84.